The number of rotatable bonds is 2. The zero-order chi connectivity index (χ0) is 10.5. The van der Waals surface area contributed by atoms with Crippen molar-refractivity contribution in [2.45, 2.75) is 13.0 Å². The maximum atomic E-state index is 6.14. The van der Waals surface area contributed by atoms with Gasteiger partial charge in [0.25, 0.3) is 0 Å². The molecule has 82 valence electrons. The highest BCUT2D eigenvalue weighted by Gasteiger charge is 2.10. The lowest BCUT2D eigenvalue weighted by atomic mass is 10.2. The Morgan fingerprint density at radius 2 is 2.07 bits per heavy atom. The second-order valence-electron chi connectivity index (χ2n) is 3.97. The fourth-order valence-electron chi connectivity index (χ4n) is 1.93. The molecule has 0 saturated carbocycles. The van der Waals surface area contributed by atoms with Crippen LogP contribution in [0.25, 0.3) is 0 Å². The molecular weight excluding hydrogens is 208 g/mol. The highest BCUT2D eigenvalue weighted by molar-refractivity contribution is 6.31. The summed E-state index contributed by atoms with van der Waals surface area (Å²) in [4.78, 5) is 2.46. The van der Waals surface area contributed by atoms with Gasteiger partial charge < -0.3 is 5.32 Å². The number of nitrogens with one attached hydrogen (secondary N) is 1. The van der Waals surface area contributed by atoms with Crippen LogP contribution in [0.1, 0.15) is 12.0 Å². The second kappa shape index (κ2) is 5.50. The largest absolute Gasteiger partial charge is 0.315 e. The van der Waals surface area contributed by atoms with Gasteiger partial charge in [-0.25, -0.2) is 0 Å². The fourth-order valence-corrected chi connectivity index (χ4v) is 2.12. The molecule has 1 fully saturated rings. The first-order chi connectivity index (χ1) is 7.36. The summed E-state index contributed by atoms with van der Waals surface area (Å²) < 4.78 is 0. The van der Waals surface area contributed by atoms with Gasteiger partial charge in [-0.3, -0.25) is 4.90 Å². The first-order valence-electron chi connectivity index (χ1n) is 5.53. The SMILES string of the molecule is Clc1ccccc1CN1CCCNCC1. The fraction of sp³-hybridized carbons (Fsp3) is 0.500. The minimum absolute atomic E-state index is 0.884. The predicted octanol–water partition coefficient (Wildman–Crippen LogP) is 2.14. The Kier molecular flexibility index (Phi) is 4.01. The van der Waals surface area contributed by atoms with E-state index in [-0.39, 0.29) is 0 Å². The van der Waals surface area contributed by atoms with Crippen LogP contribution in [0.2, 0.25) is 5.02 Å². The van der Waals surface area contributed by atoms with E-state index in [9.17, 15) is 0 Å². The molecule has 0 atom stereocenters. The van der Waals surface area contributed by atoms with Gasteiger partial charge in [0.15, 0.2) is 0 Å². The van der Waals surface area contributed by atoms with Gasteiger partial charge in [-0.05, 0) is 31.1 Å². The molecule has 1 aliphatic heterocycles. The molecule has 1 aromatic rings. The standard InChI is InChI=1S/C12H17ClN2/c13-12-5-2-1-4-11(12)10-15-8-3-6-14-7-9-15/h1-2,4-5,14H,3,6-10H2. The molecule has 1 saturated heterocycles. The van der Waals surface area contributed by atoms with Gasteiger partial charge >= 0.3 is 0 Å². The van der Waals surface area contributed by atoms with Crippen LogP contribution in [-0.4, -0.2) is 31.1 Å². The zero-order valence-corrected chi connectivity index (χ0v) is 9.63. The van der Waals surface area contributed by atoms with Crippen molar-refractivity contribution < 1.29 is 0 Å². The molecule has 0 bridgehead atoms. The maximum absolute atomic E-state index is 6.14. The summed E-state index contributed by atoms with van der Waals surface area (Å²) in [5, 5.41) is 4.29. The minimum atomic E-state index is 0.884. The average Bonchev–Trinajstić information content (AvgIpc) is 2.50. The lowest BCUT2D eigenvalue weighted by Gasteiger charge is -2.19. The molecule has 15 heavy (non-hydrogen) atoms. The quantitative estimate of drug-likeness (QED) is 0.828. The normalized spacial score (nSPS) is 18.7. The van der Waals surface area contributed by atoms with Crippen LogP contribution in [0, 0.1) is 0 Å². The first kappa shape index (κ1) is 10.9. The molecule has 0 radical (unpaired) electrons. The van der Waals surface area contributed by atoms with Gasteiger partial charge in [0.2, 0.25) is 0 Å². The predicted molar refractivity (Wildman–Crippen MR) is 64.2 cm³/mol. The summed E-state index contributed by atoms with van der Waals surface area (Å²) >= 11 is 6.14. The molecule has 1 aliphatic rings. The van der Waals surface area contributed by atoms with Gasteiger partial charge in [0.1, 0.15) is 0 Å². The third-order valence-corrected chi connectivity index (χ3v) is 3.15. The monoisotopic (exact) mass is 224 g/mol. The highest BCUT2D eigenvalue weighted by Crippen LogP contribution is 2.17. The van der Waals surface area contributed by atoms with Crippen molar-refractivity contribution in [1.29, 1.82) is 0 Å². The summed E-state index contributed by atoms with van der Waals surface area (Å²) in [5.74, 6) is 0. The third kappa shape index (κ3) is 3.20. The van der Waals surface area contributed by atoms with E-state index < -0.39 is 0 Å². The van der Waals surface area contributed by atoms with Gasteiger partial charge in [0, 0.05) is 24.7 Å². The van der Waals surface area contributed by atoms with Crippen molar-refractivity contribution >= 4 is 11.6 Å². The molecule has 1 aromatic carbocycles. The minimum Gasteiger partial charge on any atom is -0.315 e. The van der Waals surface area contributed by atoms with Crippen LogP contribution in [0.5, 0.6) is 0 Å². The van der Waals surface area contributed by atoms with Gasteiger partial charge in [-0.1, -0.05) is 29.8 Å². The van der Waals surface area contributed by atoms with Crippen molar-refractivity contribution in [2.24, 2.45) is 0 Å². The summed E-state index contributed by atoms with van der Waals surface area (Å²) in [5.41, 5.74) is 1.24. The summed E-state index contributed by atoms with van der Waals surface area (Å²) in [6, 6.07) is 8.11. The molecule has 0 aliphatic carbocycles. The lowest BCUT2D eigenvalue weighted by molar-refractivity contribution is 0.284. The van der Waals surface area contributed by atoms with Crippen LogP contribution in [-0.2, 0) is 6.54 Å². The first-order valence-corrected chi connectivity index (χ1v) is 5.90. The Morgan fingerprint density at radius 3 is 2.93 bits per heavy atom. The number of halogens is 1. The van der Waals surface area contributed by atoms with Crippen molar-refractivity contribution in [2.75, 3.05) is 26.2 Å². The molecule has 0 unspecified atom stereocenters. The van der Waals surface area contributed by atoms with E-state index >= 15 is 0 Å². The van der Waals surface area contributed by atoms with Crippen molar-refractivity contribution in [3.8, 4) is 0 Å². The molecule has 1 heterocycles. The van der Waals surface area contributed by atoms with E-state index in [1.54, 1.807) is 0 Å². The Morgan fingerprint density at radius 1 is 1.20 bits per heavy atom. The van der Waals surface area contributed by atoms with E-state index in [1.807, 2.05) is 12.1 Å². The van der Waals surface area contributed by atoms with Gasteiger partial charge in [-0.15, -0.1) is 0 Å². The average molecular weight is 225 g/mol. The second-order valence-corrected chi connectivity index (χ2v) is 4.38. The van der Waals surface area contributed by atoms with Crippen LogP contribution in [0.15, 0.2) is 24.3 Å². The van der Waals surface area contributed by atoms with E-state index in [4.69, 9.17) is 11.6 Å². The van der Waals surface area contributed by atoms with Crippen molar-refractivity contribution in [3.05, 3.63) is 34.9 Å². The highest BCUT2D eigenvalue weighted by atomic mass is 35.5. The number of hydrogen-bond acceptors (Lipinski definition) is 2. The molecule has 1 N–H and O–H groups in total. The Bertz CT molecular complexity index is 306. The Hall–Kier alpha value is -0.570. The molecule has 0 aromatic heterocycles. The van der Waals surface area contributed by atoms with Crippen molar-refractivity contribution in [1.82, 2.24) is 10.2 Å². The topological polar surface area (TPSA) is 15.3 Å². The molecular formula is C12H17ClN2. The Labute approximate surface area is 96.2 Å². The van der Waals surface area contributed by atoms with Crippen molar-refractivity contribution in [3.63, 3.8) is 0 Å². The van der Waals surface area contributed by atoms with Crippen LogP contribution in [0.4, 0.5) is 0 Å². The summed E-state index contributed by atoms with van der Waals surface area (Å²) in [6.07, 6.45) is 1.23. The molecule has 3 heteroatoms. The van der Waals surface area contributed by atoms with E-state index in [0.717, 1.165) is 37.7 Å². The summed E-state index contributed by atoms with van der Waals surface area (Å²) in [6.45, 7) is 5.48. The molecule has 2 rings (SSSR count). The smallest absolute Gasteiger partial charge is 0.0451 e. The maximum Gasteiger partial charge on any atom is 0.0451 e. The van der Waals surface area contributed by atoms with E-state index in [0.29, 0.717) is 0 Å². The molecule has 2 nitrogen and oxygen atoms in total. The summed E-state index contributed by atoms with van der Waals surface area (Å²) in [7, 11) is 0. The number of hydrogen-bond donors (Lipinski definition) is 1. The molecule has 0 amide bonds. The van der Waals surface area contributed by atoms with Gasteiger partial charge in [0.05, 0.1) is 0 Å². The van der Waals surface area contributed by atoms with E-state index in [1.165, 1.54) is 12.0 Å². The van der Waals surface area contributed by atoms with E-state index in [2.05, 4.69) is 22.3 Å². The van der Waals surface area contributed by atoms with Crippen LogP contribution < -0.4 is 5.32 Å². The lowest BCUT2D eigenvalue weighted by Crippen LogP contribution is -2.27. The molecule has 0 spiro atoms. The van der Waals surface area contributed by atoms with Crippen LogP contribution in [0.3, 0.4) is 0 Å². The zero-order valence-electron chi connectivity index (χ0n) is 8.88. The van der Waals surface area contributed by atoms with Gasteiger partial charge in [-0.2, -0.15) is 0 Å². The Balaban J connectivity index is 1.98. The van der Waals surface area contributed by atoms with Crippen LogP contribution >= 0.6 is 11.6 Å². The number of nitrogens with zero attached hydrogens (tertiary/aromatic N) is 1. The number of benzene rings is 1. The third-order valence-electron chi connectivity index (χ3n) is 2.78.